The number of nitrogens with two attached hydrogens (primary N) is 1. The van der Waals surface area contributed by atoms with Gasteiger partial charge in [-0.3, -0.25) is 4.79 Å². The summed E-state index contributed by atoms with van der Waals surface area (Å²) in [7, 11) is 0. The third-order valence-corrected chi connectivity index (χ3v) is 5.04. The van der Waals surface area contributed by atoms with Crippen molar-refractivity contribution in [2.75, 3.05) is 0 Å². The molecular formula is C15H15ClN2O. The number of fused-ring (bicyclic) bond motifs is 6. The number of primary amides is 1. The van der Waals surface area contributed by atoms with E-state index in [1.54, 1.807) is 0 Å². The van der Waals surface area contributed by atoms with E-state index in [9.17, 15) is 4.79 Å². The number of nitrogens with one attached hydrogen (secondary N) is 1. The van der Waals surface area contributed by atoms with E-state index in [0.717, 1.165) is 35.5 Å². The van der Waals surface area contributed by atoms with E-state index in [1.807, 2.05) is 18.2 Å². The third-order valence-electron chi connectivity index (χ3n) is 4.80. The third kappa shape index (κ3) is 1.48. The van der Waals surface area contributed by atoms with Crippen molar-refractivity contribution < 1.29 is 4.79 Å². The Bertz CT molecular complexity index is 691. The summed E-state index contributed by atoms with van der Waals surface area (Å²) in [5, 5.41) is 1.91. The summed E-state index contributed by atoms with van der Waals surface area (Å²) in [4.78, 5) is 15.2. The van der Waals surface area contributed by atoms with E-state index in [4.69, 9.17) is 17.3 Å². The molecule has 3 unspecified atom stereocenters. The molecule has 2 aliphatic rings. The van der Waals surface area contributed by atoms with Gasteiger partial charge in [-0.15, -0.1) is 0 Å². The maximum Gasteiger partial charge on any atom is 0.226 e. The minimum absolute atomic E-state index is 0.153. The Hall–Kier alpha value is -1.48. The molecule has 1 heterocycles. The molecule has 1 aromatic heterocycles. The van der Waals surface area contributed by atoms with Gasteiger partial charge in [-0.25, -0.2) is 0 Å². The van der Waals surface area contributed by atoms with Crippen LogP contribution in [0.1, 0.15) is 42.4 Å². The molecule has 3 N–H and O–H groups in total. The lowest BCUT2D eigenvalue weighted by Crippen LogP contribution is -2.30. The molecule has 1 fully saturated rings. The Morgan fingerprint density at radius 1 is 1.37 bits per heavy atom. The van der Waals surface area contributed by atoms with Crippen LogP contribution in [0.4, 0.5) is 0 Å². The number of amides is 1. The summed E-state index contributed by atoms with van der Waals surface area (Å²) in [6.45, 7) is 0. The summed E-state index contributed by atoms with van der Waals surface area (Å²) in [5.74, 6) is 0.616. The van der Waals surface area contributed by atoms with Crippen molar-refractivity contribution in [2.24, 2.45) is 11.7 Å². The molecule has 1 saturated carbocycles. The number of hydrogen-bond acceptors (Lipinski definition) is 1. The average Bonchev–Trinajstić information content (AvgIpc) is 2.92. The van der Waals surface area contributed by atoms with E-state index in [2.05, 4.69) is 4.98 Å². The zero-order chi connectivity index (χ0) is 13.1. The molecule has 2 aromatic rings. The monoisotopic (exact) mass is 274 g/mol. The van der Waals surface area contributed by atoms with Crippen LogP contribution in [0.15, 0.2) is 18.2 Å². The molecule has 0 saturated heterocycles. The van der Waals surface area contributed by atoms with Crippen molar-refractivity contribution in [1.82, 2.24) is 4.98 Å². The second-order valence-corrected chi connectivity index (χ2v) is 6.23. The fourth-order valence-corrected chi connectivity index (χ4v) is 4.25. The lowest BCUT2D eigenvalue weighted by molar-refractivity contribution is -0.120. The van der Waals surface area contributed by atoms with Gasteiger partial charge in [0.05, 0.1) is 5.92 Å². The van der Waals surface area contributed by atoms with Gasteiger partial charge in [0.15, 0.2) is 0 Å². The van der Waals surface area contributed by atoms with Crippen LogP contribution in [0.3, 0.4) is 0 Å². The van der Waals surface area contributed by atoms with E-state index in [1.165, 1.54) is 10.9 Å². The van der Waals surface area contributed by atoms with Crippen LogP contribution in [0.25, 0.3) is 10.9 Å². The Morgan fingerprint density at radius 3 is 3.00 bits per heavy atom. The molecule has 19 heavy (non-hydrogen) atoms. The minimum atomic E-state index is -0.204. The van der Waals surface area contributed by atoms with Crippen LogP contribution in [-0.2, 0) is 4.79 Å². The Labute approximate surface area is 116 Å². The SMILES string of the molecule is NC(=O)C1c2[nH]c3ccc(Cl)cc3c2C2CCC1C2. The molecular weight excluding hydrogens is 260 g/mol. The van der Waals surface area contributed by atoms with Gasteiger partial charge in [0, 0.05) is 21.6 Å². The highest BCUT2D eigenvalue weighted by Crippen LogP contribution is 2.53. The maximum absolute atomic E-state index is 11.8. The molecule has 0 aliphatic heterocycles. The van der Waals surface area contributed by atoms with Crippen LogP contribution in [-0.4, -0.2) is 10.9 Å². The van der Waals surface area contributed by atoms with Crippen LogP contribution >= 0.6 is 11.6 Å². The molecule has 2 aliphatic carbocycles. The van der Waals surface area contributed by atoms with Crippen LogP contribution in [0.5, 0.6) is 0 Å². The van der Waals surface area contributed by atoms with Gasteiger partial charge in [0.2, 0.25) is 5.91 Å². The zero-order valence-corrected chi connectivity index (χ0v) is 11.2. The first kappa shape index (κ1) is 11.4. The largest absolute Gasteiger partial charge is 0.369 e. The first-order chi connectivity index (χ1) is 9.15. The molecule has 3 atom stereocenters. The predicted octanol–water partition coefficient (Wildman–Crippen LogP) is 3.29. The Morgan fingerprint density at radius 2 is 2.21 bits per heavy atom. The maximum atomic E-state index is 11.8. The van der Waals surface area contributed by atoms with Crippen LogP contribution in [0, 0.1) is 5.92 Å². The van der Waals surface area contributed by atoms with E-state index in [-0.39, 0.29) is 11.8 Å². The normalized spacial score (nSPS) is 28.6. The summed E-state index contributed by atoms with van der Waals surface area (Å²) < 4.78 is 0. The molecule has 4 heteroatoms. The van der Waals surface area contributed by atoms with Crippen LogP contribution in [0.2, 0.25) is 5.02 Å². The van der Waals surface area contributed by atoms with Crippen molar-refractivity contribution in [3.05, 3.63) is 34.5 Å². The summed E-state index contributed by atoms with van der Waals surface area (Å²) in [6.07, 6.45) is 3.34. The van der Waals surface area contributed by atoms with E-state index >= 15 is 0 Å². The van der Waals surface area contributed by atoms with Crippen molar-refractivity contribution in [3.8, 4) is 0 Å². The molecule has 1 amide bonds. The number of benzene rings is 1. The fourth-order valence-electron chi connectivity index (χ4n) is 4.08. The van der Waals surface area contributed by atoms with Crippen LogP contribution < -0.4 is 5.73 Å². The number of aromatic nitrogens is 1. The first-order valence-corrected chi connectivity index (χ1v) is 7.13. The molecule has 0 spiro atoms. The lowest BCUT2D eigenvalue weighted by Gasteiger charge is -2.26. The predicted molar refractivity (Wildman–Crippen MR) is 75.3 cm³/mol. The second-order valence-electron chi connectivity index (χ2n) is 5.79. The quantitative estimate of drug-likeness (QED) is 0.824. The van der Waals surface area contributed by atoms with Gasteiger partial charge in [0.1, 0.15) is 0 Å². The van der Waals surface area contributed by atoms with Gasteiger partial charge >= 0.3 is 0 Å². The second kappa shape index (κ2) is 3.76. The van der Waals surface area contributed by atoms with Gasteiger partial charge in [-0.1, -0.05) is 11.6 Å². The molecule has 3 nitrogen and oxygen atoms in total. The van der Waals surface area contributed by atoms with E-state index < -0.39 is 0 Å². The number of carbonyl (C=O) groups excluding carboxylic acids is 1. The van der Waals surface area contributed by atoms with Gasteiger partial charge in [-0.05, 0) is 54.9 Å². The lowest BCUT2D eigenvalue weighted by atomic mass is 9.78. The van der Waals surface area contributed by atoms with Gasteiger partial charge < -0.3 is 10.7 Å². The Kier molecular flexibility index (Phi) is 2.25. The smallest absolute Gasteiger partial charge is 0.226 e. The summed E-state index contributed by atoms with van der Waals surface area (Å²) >= 11 is 6.11. The highest BCUT2D eigenvalue weighted by Gasteiger charge is 2.44. The highest BCUT2D eigenvalue weighted by molar-refractivity contribution is 6.31. The molecule has 98 valence electrons. The molecule has 2 bridgehead atoms. The molecule has 4 rings (SSSR count). The summed E-state index contributed by atoms with van der Waals surface area (Å²) in [6, 6.07) is 5.87. The van der Waals surface area contributed by atoms with Crippen molar-refractivity contribution in [2.45, 2.75) is 31.1 Å². The van der Waals surface area contributed by atoms with Crippen molar-refractivity contribution in [1.29, 1.82) is 0 Å². The molecule has 0 radical (unpaired) electrons. The number of halogens is 1. The topological polar surface area (TPSA) is 58.9 Å². The first-order valence-electron chi connectivity index (χ1n) is 6.75. The number of rotatable bonds is 1. The standard InChI is InChI=1S/C15H15ClN2O/c16-9-3-4-11-10(6-9)12-7-1-2-8(5-7)13(15(17)19)14(12)18-11/h3-4,6-8,13,18H,1-2,5H2,(H2,17,19). The molecule has 1 aromatic carbocycles. The van der Waals surface area contributed by atoms with Gasteiger partial charge in [-0.2, -0.15) is 0 Å². The Balaban J connectivity index is 2.03. The minimum Gasteiger partial charge on any atom is -0.369 e. The number of aromatic amines is 1. The number of hydrogen-bond donors (Lipinski definition) is 2. The van der Waals surface area contributed by atoms with Crippen molar-refractivity contribution in [3.63, 3.8) is 0 Å². The fraction of sp³-hybridized carbons (Fsp3) is 0.400. The number of H-pyrrole nitrogens is 1. The van der Waals surface area contributed by atoms with Crippen molar-refractivity contribution >= 4 is 28.4 Å². The van der Waals surface area contributed by atoms with E-state index in [0.29, 0.717) is 11.8 Å². The average molecular weight is 275 g/mol. The number of carbonyl (C=O) groups is 1. The summed E-state index contributed by atoms with van der Waals surface area (Å²) in [5.41, 5.74) is 9.03. The zero-order valence-electron chi connectivity index (χ0n) is 10.4. The highest BCUT2D eigenvalue weighted by atomic mass is 35.5. The van der Waals surface area contributed by atoms with Gasteiger partial charge in [0.25, 0.3) is 0 Å².